The number of nitrogens with zero attached hydrogens (tertiary/aromatic N) is 1. The summed E-state index contributed by atoms with van der Waals surface area (Å²) < 4.78 is 0. The van der Waals surface area contributed by atoms with Crippen LogP contribution < -0.4 is 16.0 Å². The number of hydrogen-bond donors (Lipinski definition) is 4. The van der Waals surface area contributed by atoms with Crippen LogP contribution in [0, 0.1) is 0 Å². The van der Waals surface area contributed by atoms with E-state index in [1.807, 2.05) is 37.3 Å². The fourth-order valence-electron chi connectivity index (χ4n) is 2.45. The molecule has 0 spiro atoms. The Morgan fingerprint density at radius 2 is 2.00 bits per heavy atom. The molecule has 1 unspecified atom stereocenters. The summed E-state index contributed by atoms with van der Waals surface area (Å²) >= 11 is 0. The maximum absolute atomic E-state index is 11.7. The predicted molar refractivity (Wildman–Crippen MR) is 100 cm³/mol. The molecule has 0 saturated heterocycles. The van der Waals surface area contributed by atoms with Crippen LogP contribution >= 0.6 is 0 Å². The normalized spacial score (nSPS) is 16.8. The van der Waals surface area contributed by atoms with E-state index in [4.69, 9.17) is 0 Å². The first-order valence-electron chi connectivity index (χ1n) is 9.10. The van der Waals surface area contributed by atoms with Crippen LogP contribution in [0.4, 0.5) is 0 Å². The lowest BCUT2D eigenvalue weighted by Gasteiger charge is -2.22. The molecule has 1 aliphatic carbocycles. The maximum atomic E-state index is 11.7. The molecule has 0 aliphatic heterocycles. The van der Waals surface area contributed by atoms with Crippen LogP contribution in [-0.2, 0) is 10.4 Å². The van der Waals surface area contributed by atoms with Gasteiger partial charge in [-0.1, -0.05) is 30.3 Å². The lowest BCUT2D eigenvalue weighted by Crippen LogP contribution is -2.39. The number of aliphatic hydroxyl groups is 1. The van der Waals surface area contributed by atoms with Gasteiger partial charge in [-0.15, -0.1) is 0 Å². The molecule has 0 aromatic heterocycles. The van der Waals surface area contributed by atoms with Gasteiger partial charge in [0.2, 0.25) is 5.91 Å². The van der Waals surface area contributed by atoms with Gasteiger partial charge in [-0.05, 0) is 38.7 Å². The van der Waals surface area contributed by atoms with Gasteiger partial charge >= 0.3 is 0 Å². The van der Waals surface area contributed by atoms with Crippen molar-refractivity contribution >= 4 is 11.9 Å². The molecule has 6 nitrogen and oxygen atoms in total. The molecule has 2 rings (SSSR count). The topological polar surface area (TPSA) is 85.8 Å². The number of aliphatic imine (C=N–C) groups is 1. The van der Waals surface area contributed by atoms with Crippen LogP contribution in [0.5, 0.6) is 0 Å². The number of carbonyl (C=O) groups excluding carboxylic acids is 1. The van der Waals surface area contributed by atoms with Gasteiger partial charge in [-0.3, -0.25) is 4.79 Å². The molecule has 25 heavy (non-hydrogen) atoms. The predicted octanol–water partition coefficient (Wildman–Crippen LogP) is 1.51. The first kappa shape index (κ1) is 19.2. The third-order valence-electron chi connectivity index (χ3n) is 4.10. The van der Waals surface area contributed by atoms with Crippen molar-refractivity contribution in [3.05, 3.63) is 35.9 Å². The number of carbonyl (C=O) groups is 1. The Balaban J connectivity index is 1.77. The molecule has 0 heterocycles. The second kappa shape index (κ2) is 9.42. The summed E-state index contributed by atoms with van der Waals surface area (Å²) in [4.78, 5) is 16.1. The Hall–Kier alpha value is -2.08. The van der Waals surface area contributed by atoms with Crippen molar-refractivity contribution < 1.29 is 9.90 Å². The van der Waals surface area contributed by atoms with E-state index in [0.717, 1.165) is 31.4 Å². The monoisotopic (exact) mass is 346 g/mol. The van der Waals surface area contributed by atoms with Crippen molar-refractivity contribution in [1.82, 2.24) is 16.0 Å². The highest BCUT2D eigenvalue weighted by Gasteiger charge is 2.23. The Morgan fingerprint density at radius 3 is 2.64 bits per heavy atom. The van der Waals surface area contributed by atoms with Crippen LogP contribution in [0.15, 0.2) is 35.3 Å². The van der Waals surface area contributed by atoms with Crippen molar-refractivity contribution in [1.29, 1.82) is 0 Å². The smallest absolute Gasteiger partial charge is 0.220 e. The van der Waals surface area contributed by atoms with Crippen molar-refractivity contribution in [2.75, 3.05) is 19.6 Å². The van der Waals surface area contributed by atoms with Gasteiger partial charge < -0.3 is 21.1 Å². The highest BCUT2D eigenvalue weighted by Crippen LogP contribution is 2.20. The molecule has 1 amide bonds. The fraction of sp³-hybridized carbons (Fsp3) is 0.579. The van der Waals surface area contributed by atoms with Crippen molar-refractivity contribution in [2.45, 2.75) is 51.2 Å². The second-order valence-corrected chi connectivity index (χ2v) is 6.71. The van der Waals surface area contributed by atoms with Gasteiger partial charge in [0.1, 0.15) is 5.60 Å². The maximum Gasteiger partial charge on any atom is 0.220 e. The number of hydrogen-bond acceptors (Lipinski definition) is 3. The van der Waals surface area contributed by atoms with E-state index in [9.17, 15) is 9.90 Å². The van der Waals surface area contributed by atoms with Crippen molar-refractivity contribution in [2.24, 2.45) is 4.99 Å². The number of rotatable bonds is 9. The third kappa shape index (κ3) is 7.13. The Bertz CT molecular complexity index is 568. The number of nitrogens with one attached hydrogen (secondary N) is 3. The molecule has 1 fully saturated rings. The van der Waals surface area contributed by atoms with Gasteiger partial charge in [0, 0.05) is 25.6 Å². The summed E-state index contributed by atoms with van der Waals surface area (Å²) in [5.41, 5.74) is -0.181. The van der Waals surface area contributed by atoms with Gasteiger partial charge in [-0.2, -0.15) is 0 Å². The molecule has 0 radical (unpaired) electrons. The first-order chi connectivity index (χ1) is 12.0. The lowest BCUT2D eigenvalue weighted by atomic mass is 9.96. The summed E-state index contributed by atoms with van der Waals surface area (Å²) in [5.74, 6) is 0.777. The minimum Gasteiger partial charge on any atom is -0.384 e. The van der Waals surface area contributed by atoms with E-state index >= 15 is 0 Å². The quantitative estimate of drug-likeness (QED) is 0.310. The standard InChI is InChI=1S/C19H30N4O2/c1-3-20-18(21-13-7-10-17(24)23-16-11-12-16)22-14-19(2,25)15-8-5-4-6-9-15/h4-6,8-9,16,25H,3,7,10-14H2,1-2H3,(H,23,24)(H2,20,21,22). The zero-order valence-electron chi connectivity index (χ0n) is 15.2. The average Bonchev–Trinajstić information content (AvgIpc) is 3.41. The van der Waals surface area contributed by atoms with E-state index in [1.165, 1.54) is 0 Å². The van der Waals surface area contributed by atoms with Gasteiger partial charge in [0.25, 0.3) is 0 Å². The SMILES string of the molecule is CCNC(=NCC(C)(O)c1ccccc1)NCCCC(=O)NC1CC1. The lowest BCUT2D eigenvalue weighted by molar-refractivity contribution is -0.121. The van der Waals surface area contributed by atoms with Crippen LogP contribution in [0.25, 0.3) is 0 Å². The molecule has 1 atom stereocenters. The minimum atomic E-state index is -1.02. The highest BCUT2D eigenvalue weighted by atomic mass is 16.3. The van der Waals surface area contributed by atoms with E-state index in [1.54, 1.807) is 6.92 Å². The first-order valence-corrected chi connectivity index (χ1v) is 9.10. The molecular weight excluding hydrogens is 316 g/mol. The Labute approximate surface area is 150 Å². The van der Waals surface area contributed by atoms with E-state index < -0.39 is 5.60 Å². The number of benzene rings is 1. The van der Waals surface area contributed by atoms with Gasteiger partial charge in [0.15, 0.2) is 5.96 Å². The van der Waals surface area contributed by atoms with Crippen LogP contribution in [0.2, 0.25) is 0 Å². The van der Waals surface area contributed by atoms with Gasteiger partial charge in [-0.25, -0.2) is 4.99 Å². The molecule has 1 saturated carbocycles. The third-order valence-corrected chi connectivity index (χ3v) is 4.10. The molecule has 1 aromatic rings. The molecule has 138 valence electrons. The van der Waals surface area contributed by atoms with E-state index in [2.05, 4.69) is 20.9 Å². The summed E-state index contributed by atoms with van der Waals surface area (Å²) in [6, 6.07) is 9.95. The van der Waals surface area contributed by atoms with Crippen LogP contribution in [0.3, 0.4) is 0 Å². The molecule has 0 bridgehead atoms. The van der Waals surface area contributed by atoms with Crippen LogP contribution in [-0.4, -0.2) is 42.6 Å². The number of guanidine groups is 1. The molecular formula is C19H30N4O2. The van der Waals surface area contributed by atoms with E-state index in [0.29, 0.717) is 25.0 Å². The summed E-state index contributed by atoms with van der Waals surface area (Å²) in [7, 11) is 0. The largest absolute Gasteiger partial charge is 0.384 e. The zero-order chi connectivity index (χ0) is 18.1. The fourth-order valence-corrected chi connectivity index (χ4v) is 2.45. The minimum absolute atomic E-state index is 0.123. The zero-order valence-corrected chi connectivity index (χ0v) is 15.2. The summed E-state index contributed by atoms with van der Waals surface area (Å²) in [6.07, 6.45) is 3.49. The van der Waals surface area contributed by atoms with Crippen LogP contribution in [0.1, 0.15) is 45.1 Å². The van der Waals surface area contributed by atoms with Crippen molar-refractivity contribution in [3.63, 3.8) is 0 Å². The van der Waals surface area contributed by atoms with Crippen molar-refractivity contribution in [3.8, 4) is 0 Å². The molecule has 6 heteroatoms. The second-order valence-electron chi connectivity index (χ2n) is 6.71. The molecule has 1 aromatic carbocycles. The average molecular weight is 346 g/mol. The summed E-state index contributed by atoms with van der Waals surface area (Å²) in [5, 5.41) is 20.0. The molecule has 1 aliphatic rings. The Morgan fingerprint density at radius 1 is 1.28 bits per heavy atom. The van der Waals surface area contributed by atoms with E-state index in [-0.39, 0.29) is 12.5 Å². The number of amides is 1. The highest BCUT2D eigenvalue weighted by molar-refractivity contribution is 5.80. The Kier molecular flexibility index (Phi) is 7.25. The summed E-state index contributed by atoms with van der Waals surface area (Å²) in [6.45, 7) is 5.42. The van der Waals surface area contributed by atoms with Gasteiger partial charge in [0.05, 0.1) is 6.54 Å². The molecule has 4 N–H and O–H groups in total.